The number of nitrogens with two attached hydrogens (primary N) is 1. The second-order valence-corrected chi connectivity index (χ2v) is 6.49. The van der Waals surface area contributed by atoms with Crippen LogP contribution in [0.1, 0.15) is 30.1 Å². The van der Waals surface area contributed by atoms with Crippen LogP contribution < -0.4 is 5.73 Å². The summed E-state index contributed by atoms with van der Waals surface area (Å²) in [7, 11) is 0. The molecule has 1 saturated heterocycles. The quantitative estimate of drug-likeness (QED) is 0.897. The van der Waals surface area contributed by atoms with Crippen LogP contribution in [0.15, 0.2) is 24.3 Å². The van der Waals surface area contributed by atoms with Gasteiger partial charge in [-0.25, -0.2) is 0 Å². The molecule has 1 aliphatic carbocycles. The van der Waals surface area contributed by atoms with E-state index in [1.807, 2.05) is 0 Å². The second-order valence-electron chi connectivity index (χ2n) is 6.49. The minimum Gasteiger partial charge on any atom is -0.372 e. The highest BCUT2D eigenvalue weighted by Gasteiger charge is 2.50. The van der Waals surface area contributed by atoms with Crippen LogP contribution >= 0.6 is 0 Å². The summed E-state index contributed by atoms with van der Waals surface area (Å²) in [6.07, 6.45) is 3.98. The summed E-state index contributed by atoms with van der Waals surface area (Å²) in [5.74, 6) is 0.795. The molecule has 0 aromatic heterocycles. The van der Waals surface area contributed by atoms with E-state index in [-0.39, 0.29) is 11.6 Å². The van der Waals surface area contributed by atoms with Crippen LogP contribution in [0.5, 0.6) is 0 Å². The summed E-state index contributed by atoms with van der Waals surface area (Å²) >= 11 is 0. The number of nitrogens with zero attached hydrogens (tertiary/aromatic N) is 1. The Morgan fingerprint density at radius 3 is 2.84 bits per heavy atom. The van der Waals surface area contributed by atoms with Crippen molar-refractivity contribution >= 4 is 0 Å². The molecule has 1 atom stereocenters. The van der Waals surface area contributed by atoms with Crippen LogP contribution in [0.3, 0.4) is 0 Å². The fraction of sp³-hybridized carbons (Fsp3) is 0.625. The first-order valence-corrected chi connectivity index (χ1v) is 7.45. The van der Waals surface area contributed by atoms with Crippen LogP contribution in [0.25, 0.3) is 0 Å². The van der Waals surface area contributed by atoms with Gasteiger partial charge in [0.05, 0.1) is 12.7 Å². The van der Waals surface area contributed by atoms with Gasteiger partial charge >= 0.3 is 0 Å². The maximum Gasteiger partial charge on any atom is 0.0954 e. The van der Waals surface area contributed by atoms with E-state index in [4.69, 9.17) is 10.5 Å². The topological polar surface area (TPSA) is 38.5 Å². The fourth-order valence-corrected chi connectivity index (χ4v) is 3.69. The standard InChI is InChI=1S/C16H22N2O/c17-16(13-5-6-13)10-18(11-16)9-15-14-4-2-1-3-12(14)7-8-19-15/h1-4,13,15H,5-11,17H2. The summed E-state index contributed by atoms with van der Waals surface area (Å²) in [5, 5.41) is 0. The average molecular weight is 258 g/mol. The Morgan fingerprint density at radius 1 is 1.26 bits per heavy atom. The predicted molar refractivity (Wildman–Crippen MR) is 74.9 cm³/mol. The van der Waals surface area contributed by atoms with Crippen molar-refractivity contribution in [3.05, 3.63) is 35.4 Å². The molecule has 4 rings (SSSR count). The molecule has 2 fully saturated rings. The molecule has 2 N–H and O–H groups in total. The predicted octanol–water partition coefficient (Wildman–Crippen LogP) is 1.72. The molecule has 3 nitrogen and oxygen atoms in total. The highest BCUT2D eigenvalue weighted by atomic mass is 16.5. The van der Waals surface area contributed by atoms with Crippen molar-refractivity contribution in [1.29, 1.82) is 0 Å². The van der Waals surface area contributed by atoms with Crippen LogP contribution in [0.2, 0.25) is 0 Å². The van der Waals surface area contributed by atoms with Gasteiger partial charge in [-0.05, 0) is 36.3 Å². The molecule has 1 saturated carbocycles. The molecule has 102 valence electrons. The Balaban J connectivity index is 1.42. The number of fused-ring (bicyclic) bond motifs is 1. The maximum absolute atomic E-state index is 6.42. The third kappa shape index (κ3) is 2.10. The summed E-state index contributed by atoms with van der Waals surface area (Å²) < 4.78 is 5.97. The summed E-state index contributed by atoms with van der Waals surface area (Å²) in [4.78, 5) is 2.46. The Kier molecular flexibility index (Phi) is 2.69. The fourth-order valence-electron chi connectivity index (χ4n) is 3.69. The summed E-state index contributed by atoms with van der Waals surface area (Å²) in [5.41, 5.74) is 9.38. The Morgan fingerprint density at radius 2 is 2.05 bits per heavy atom. The summed E-state index contributed by atoms with van der Waals surface area (Å²) in [6.45, 7) is 3.97. The molecule has 1 aromatic rings. The lowest BCUT2D eigenvalue weighted by Gasteiger charge is -2.49. The lowest BCUT2D eigenvalue weighted by molar-refractivity contribution is -0.0272. The number of benzene rings is 1. The average Bonchev–Trinajstić information content (AvgIpc) is 3.22. The molecule has 1 aromatic carbocycles. The number of ether oxygens (including phenoxy) is 1. The Bertz CT molecular complexity index is 477. The van der Waals surface area contributed by atoms with Gasteiger partial charge in [0.15, 0.2) is 0 Å². The van der Waals surface area contributed by atoms with E-state index in [0.29, 0.717) is 0 Å². The molecular formula is C16H22N2O. The van der Waals surface area contributed by atoms with Crippen LogP contribution in [0.4, 0.5) is 0 Å². The van der Waals surface area contributed by atoms with Gasteiger partial charge in [0.2, 0.25) is 0 Å². The van der Waals surface area contributed by atoms with Gasteiger partial charge in [0, 0.05) is 25.2 Å². The van der Waals surface area contributed by atoms with Gasteiger partial charge in [0.25, 0.3) is 0 Å². The van der Waals surface area contributed by atoms with Crippen molar-refractivity contribution in [2.24, 2.45) is 11.7 Å². The minimum atomic E-state index is 0.119. The highest BCUT2D eigenvalue weighted by molar-refractivity contribution is 5.31. The molecule has 0 radical (unpaired) electrons. The molecule has 1 unspecified atom stereocenters. The largest absolute Gasteiger partial charge is 0.372 e. The molecule has 19 heavy (non-hydrogen) atoms. The molecule has 0 bridgehead atoms. The van der Waals surface area contributed by atoms with E-state index in [1.165, 1.54) is 24.0 Å². The number of hydrogen-bond acceptors (Lipinski definition) is 3. The van der Waals surface area contributed by atoms with Crippen molar-refractivity contribution in [2.45, 2.75) is 30.9 Å². The third-order valence-corrected chi connectivity index (χ3v) is 4.94. The van der Waals surface area contributed by atoms with Gasteiger partial charge in [-0.1, -0.05) is 24.3 Å². The Hall–Kier alpha value is -0.900. The van der Waals surface area contributed by atoms with E-state index in [2.05, 4.69) is 29.2 Å². The molecule has 0 spiro atoms. The van der Waals surface area contributed by atoms with E-state index in [0.717, 1.165) is 38.6 Å². The van der Waals surface area contributed by atoms with Crippen molar-refractivity contribution in [1.82, 2.24) is 4.90 Å². The van der Waals surface area contributed by atoms with E-state index in [1.54, 1.807) is 0 Å². The maximum atomic E-state index is 6.42. The smallest absolute Gasteiger partial charge is 0.0954 e. The minimum absolute atomic E-state index is 0.119. The molecular weight excluding hydrogens is 236 g/mol. The SMILES string of the molecule is NC1(C2CC2)CN(CC2OCCc3ccccc32)C1. The molecule has 0 amide bonds. The van der Waals surface area contributed by atoms with Crippen molar-refractivity contribution < 1.29 is 4.74 Å². The highest BCUT2D eigenvalue weighted by Crippen LogP contribution is 2.43. The normalized spacial score (nSPS) is 29.6. The number of rotatable bonds is 3. The lowest BCUT2D eigenvalue weighted by Crippen LogP contribution is -2.69. The van der Waals surface area contributed by atoms with Crippen LogP contribution in [0, 0.1) is 5.92 Å². The van der Waals surface area contributed by atoms with Gasteiger partial charge < -0.3 is 10.5 Å². The van der Waals surface area contributed by atoms with Crippen molar-refractivity contribution in [2.75, 3.05) is 26.2 Å². The van der Waals surface area contributed by atoms with E-state index in [9.17, 15) is 0 Å². The molecule has 2 aliphatic heterocycles. The first-order valence-electron chi connectivity index (χ1n) is 7.45. The van der Waals surface area contributed by atoms with E-state index >= 15 is 0 Å². The monoisotopic (exact) mass is 258 g/mol. The lowest BCUT2D eigenvalue weighted by atomic mass is 9.85. The van der Waals surface area contributed by atoms with Crippen molar-refractivity contribution in [3.63, 3.8) is 0 Å². The number of hydrogen-bond donors (Lipinski definition) is 1. The molecule has 3 heteroatoms. The zero-order chi connectivity index (χ0) is 12.9. The zero-order valence-corrected chi connectivity index (χ0v) is 11.3. The molecule has 3 aliphatic rings. The van der Waals surface area contributed by atoms with Crippen LogP contribution in [-0.4, -0.2) is 36.7 Å². The summed E-state index contributed by atoms with van der Waals surface area (Å²) in [6, 6.07) is 8.70. The van der Waals surface area contributed by atoms with Gasteiger partial charge in [-0.15, -0.1) is 0 Å². The van der Waals surface area contributed by atoms with Gasteiger partial charge in [-0.2, -0.15) is 0 Å². The van der Waals surface area contributed by atoms with E-state index < -0.39 is 0 Å². The van der Waals surface area contributed by atoms with Gasteiger partial charge in [0.1, 0.15) is 0 Å². The first kappa shape index (κ1) is 11.9. The number of likely N-dealkylation sites (tertiary alicyclic amines) is 1. The Labute approximate surface area is 114 Å². The van der Waals surface area contributed by atoms with Gasteiger partial charge in [-0.3, -0.25) is 4.90 Å². The third-order valence-electron chi connectivity index (χ3n) is 4.94. The molecule has 2 heterocycles. The first-order chi connectivity index (χ1) is 9.24. The van der Waals surface area contributed by atoms with Crippen molar-refractivity contribution in [3.8, 4) is 0 Å². The second kappa shape index (κ2) is 4.30. The zero-order valence-electron chi connectivity index (χ0n) is 11.3. The van der Waals surface area contributed by atoms with Crippen LogP contribution in [-0.2, 0) is 11.2 Å².